The molecule has 2 N–H and O–H groups in total. The molecule has 0 aromatic carbocycles. The monoisotopic (exact) mass is 446 g/mol. The maximum absolute atomic E-state index is 10.7. The smallest absolute Gasteiger partial charge is 0.192 e. The van der Waals surface area contributed by atoms with Crippen LogP contribution >= 0.6 is 0 Å². The lowest BCUT2D eigenvalue weighted by Crippen LogP contribution is -2.51. The fourth-order valence-electron chi connectivity index (χ4n) is 6.44. The molecule has 2 aliphatic rings. The van der Waals surface area contributed by atoms with Crippen molar-refractivity contribution in [2.24, 2.45) is 22.7 Å². The summed E-state index contributed by atoms with van der Waals surface area (Å²) in [6.45, 7) is 10.1. The minimum atomic E-state index is -2.99. The Kier molecular flexibility index (Phi) is 5.65. The molecule has 2 fully saturated rings. The van der Waals surface area contributed by atoms with Crippen LogP contribution in [-0.2, 0) is 4.43 Å². The quantitative estimate of drug-likeness (QED) is 0.378. The molecule has 2 saturated carbocycles. The lowest BCUT2D eigenvalue weighted by atomic mass is 9.56. The maximum Gasteiger partial charge on any atom is 0.192 e. The first-order valence-electron chi connectivity index (χ1n) is 15.1. The third kappa shape index (κ3) is 5.71. The average Bonchev–Trinajstić information content (AvgIpc) is 3.04. The van der Waals surface area contributed by atoms with E-state index in [0.717, 1.165) is 32.1 Å². The van der Waals surface area contributed by atoms with Gasteiger partial charge in [-0.3, -0.25) is 0 Å². The van der Waals surface area contributed by atoms with Gasteiger partial charge in [0.15, 0.2) is 8.32 Å². The molecule has 0 saturated heterocycles. The van der Waals surface area contributed by atoms with Gasteiger partial charge in [0.2, 0.25) is 0 Å². The van der Waals surface area contributed by atoms with Gasteiger partial charge in [0.25, 0.3) is 0 Å². The summed E-state index contributed by atoms with van der Waals surface area (Å²) < 4.78 is 53.1. The van der Waals surface area contributed by atoms with Crippen LogP contribution in [0, 0.1) is 22.7 Å². The highest BCUT2D eigenvalue weighted by Crippen LogP contribution is 2.63. The Morgan fingerprint density at radius 2 is 1.73 bits per heavy atom. The molecule has 0 amide bonds. The van der Waals surface area contributed by atoms with Crippen molar-refractivity contribution >= 4 is 8.32 Å². The van der Waals surface area contributed by atoms with Gasteiger partial charge >= 0.3 is 0 Å². The predicted octanol–water partition coefficient (Wildman–Crippen LogP) is 6.92. The van der Waals surface area contributed by atoms with Crippen LogP contribution in [0.2, 0.25) is 18.1 Å². The van der Waals surface area contributed by atoms with Gasteiger partial charge in [-0.2, -0.15) is 0 Å². The molecule has 178 valence electrons. The Balaban J connectivity index is 2.26. The van der Waals surface area contributed by atoms with Crippen molar-refractivity contribution < 1.29 is 22.9 Å². The zero-order valence-corrected chi connectivity index (χ0v) is 21.6. The highest BCUT2D eigenvalue weighted by atomic mass is 28.4. The van der Waals surface area contributed by atoms with E-state index in [1.54, 1.807) is 0 Å². The van der Waals surface area contributed by atoms with Gasteiger partial charge in [0, 0.05) is 20.9 Å². The summed E-state index contributed by atoms with van der Waals surface area (Å²) in [5.41, 5.74) is -2.95. The highest BCUT2D eigenvalue weighted by molar-refractivity contribution is 6.74. The summed E-state index contributed by atoms with van der Waals surface area (Å²) in [6, 6.07) is 0. The zero-order valence-electron chi connectivity index (χ0n) is 26.6. The van der Waals surface area contributed by atoms with Crippen molar-refractivity contribution in [3.8, 4) is 0 Å². The van der Waals surface area contributed by atoms with Gasteiger partial charge in [0.05, 0.1) is 5.60 Å². The summed E-state index contributed by atoms with van der Waals surface area (Å²) in [6.07, 6.45) is 6.76. The predicted molar refractivity (Wildman–Crippen MR) is 130 cm³/mol. The molecule has 0 bridgehead atoms. The molecular formula is C26H52O3Si. The average molecular weight is 447 g/mol. The lowest BCUT2D eigenvalue weighted by Gasteiger charge is -2.52. The first kappa shape index (κ1) is 18.5. The SMILES string of the molecule is [2H]C([2H])([2H])C(O)(CCC[C@@](C)(CCO)[C@H]1CCC2[C@@H](O[Si](C)(C)C(C)(C)C)CCC[C@@]21C)C([2H])([2H])[2H]. The molecule has 4 heteroatoms. The van der Waals surface area contributed by atoms with E-state index >= 15 is 0 Å². The van der Waals surface area contributed by atoms with Gasteiger partial charge in [-0.05, 0) is 99.4 Å². The van der Waals surface area contributed by atoms with Crippen LogP contribution in [0.4, 0.5) is 0 Å². The van der Waals surface area contributed by atoms with Crippen molar-refractivity contribution in [1.82, 2.24) is 0 Å². The minimum Gasteiger partial charge on any atom is -0.414 e. The number of rotatable bonds is 9. The molecule has 0 spiro atoms. The van der Waals surface area contributed by atoms with E-state index < -0.39 is 27.6 Å². The van der Waals surface area contributed by atoms with Crippen molar-refractivity contribution in [2.45, 2.75) is 136 Å². The van der Waals surface area contributed by atoms with Crippen LogP contribution in [0.15, 0.2) is 0 Å². The molecule has 0 radical (unpaired) electrons. The second kappa shape index (κ2) is 9.15. The topological polar surface area (TPSA) is 49.7 Å². The van der Waals surface area contributed by atoms with E-state index in [1.165, 1.54) is 0 Å². The van der Waals surface area contributed by atoms with E-state index in [2.05, 4.69) is 47.7 Å². The summed E-state index contributed by atoms with van der Waals surface area (Å²) >= 11 is 0. The first-order chi connectivity index (χ1) is 16.1. The van der Waals surface area contributed by atoms with Gasteiger partial charge in [-0.25, -0.2) is 0 Å². The van der Waals surface area contributed by atoms with Gasteiger partial charge < -0.3 is 14.6 Å². The Hall–Kier alpha value is 0.0969. The minimum absolute atomic E-state index is 0.0282. The van der Waals surface area contributed by atoms with Gasteiger partial charge in [-0.15, -0.1) is 0 Å². The fraction of sp³-hybridized carbons (Fsp3) is 1.00. The van der Waals surface area contributed by atoms with Crippen LogP contribution < -0.4 is 0 Å². The summed E-state index contributed by atoms with van der Waals surface area (Å²) in [5.74, 6) is 0.770. The number of hydrogen-bond donors (Lipinski definition) is 2. The van der Waals surface area contributed by atoms with Crippen LogP contribution in [0.5, 0.6) is 0 Å². The first-order valence-corrected chi connectivity index (χ1v) is 15.0. The molecule has 0 aromatic rings. The Bertz CT molecular complexity index is 733. The standard InChI is InChI=1S/C26H52O3Si/c1-23(2,3)30(8,9)29-21-12-10-17-26(7)20(21)13-14-22(26)25(6,18-19-27)16-11-15-24(4,5)28/h20-22,27-28H,10-19H2,1-9H3/t20?,21-,22+,25-,26-/m0/s1/i4D3,5D3. The van der Waals surface area contributed by atoms with Crippen LogP contribution in [0.25, 0.3) is 0 Å². The Morgan fingerprint density at radius 1 is 1.07 bits per heavy atom. The van der Waals surface area contributed by atoms with Crippen molar-refractivity contribution in [3.63, 3.8) is 0 Å². The zero-order chi connectivity index (χ0) is 28.0. The van der Waals surface area contributed by atoms with E-state index in [9.17, 15) is 10.2 Å². The molecule has 2 rings (SSSR count). The van der Waals surface area contributed by atoms with Crippen LogP contribution in [0.1, 0.15) is 114 Å². The molecule has 30 heavy (non-hydrogen) atoms. The largest absolute Gasteiger partial charge is 0.414 e. The maximum atomic E-state index is 10.7. The van der Waals surface area contributed by atoms with E-state index in [0.29, 0.717) is 24.7 Å². The van der Waals surface area contributed by atoms with Gasteiger partial charge in [-0.1, -0.05) is 47.5 Å². The van der Waals surface area contributed by atoms with Gasteiger partial charge in [0.1, 0.15) is 0 Å². The third-order valence-electron chi connectivity index (χ3n) is 9.13. The number of aliphatic hydroxyl groups excluding tert-OH is 1. The Morgan fingerprint density at radius 3 is 2.30 bits per heavy atom. The molecule has 3 nitrogen and oxygen atoms in total. The molecule has 0 heterocycles. The Labute approximate surface area is 196 Å². The van der Waals surface area contributed by atoms with E-state index in [1.807, 2.05) is 0 Å². The molecule has 2 aliphatic carbocycles. The highest BCUT2D eigenvalue weighted by Gasteiger charge is 2.57. The number of fused-ring (bicyclic) bond motifs is 1. The summed E-state index contributed by atoms with van der Waals surface area (Å²) in [4.78, 5) is 0. The molecule has 0 aromatic heterocycles. The fourth-order valence-corrected chi connectivity index (χ4v) is 7.83. The number of hydrogen-bond acceptors (Lipinski definition) is 3. The van der Waals surface area contributed by atoms with Crippen LogP contribution in [0.3, 0.4) is 0 Å². The van der Waals surface area contributed by atoms with Crippen molar-refractivity contribution in [3.05, 3.63) is 0 Å². The molecule has 5 atom stereocenters. The normalized spacial score (nSPS) is 36.5. The molecule has 1 unspecified atom stereocenters. The summed E-state index contributed by atoms with van der Waals surface area (Å²) in [7, 11) is -1.92. The second-order valence-corrected chi connectivity index (χ2v) is 17.1. The van der Waals surface area contributed by atoms with Crippen molar-refractivity contribution in [2.75, 3.05) is 6.61 Å². The van der Waals surface area contributed by atoms with Crippen LogP contribution in [-0.4, -0.2) is 36.8 Å². The van der Waals surface area contributed by atoms with E-state index in [-0.39, 0.29) is 41.4 Å². The second-order valence-electron chi connectivity index (χ2n) is 12.4. The molecular weight excluding hydrogens is 388 g/mol. The van der Waals surface area contributed by atoms with E-state index in [4.69, 9.17) is 12.7 Å². The van der Waals surface area contributed by atoms with Crippen molar-refractivity contribution in [1.29, 1.82) is 0 Å². The third-order valence-corrected chi connectivity index (χ3v) is 13.6. The molecule has 0 aliphatic heterocycles. The lowest BCUT2D eigenvalue weighted by molar-refractivity contribution is -0.0511. The number of aliphatic hydroxyl groups is 2. The summed E-state index contributed by atoms with van der Waals surface area (Å²) in [5, 5.41) is 20.9.